The molecule has 3 nitrogen and oxygen atoms in total. The van der Waals surface area contributed by atoms with Gasteiger partial charge in [-0.05, 0) is 25.5 Å². The van der Waals surface area contributed by atoms with Crippen LogP contribution in [0.15, 0.2) is 41.6 Å². The van der Waals surface area contributed by atoms with Gasteiger partial charge in [0.2, 0.25) is 0 Å². The molecule has 0 saturated carbocycles. The van der Waals surface area contributed by atoms with E-state index in [0.717, 1.165) is 28.7 Å². The van der Waals surface area contributed by atoms with E-state index < -0.39 is 0 Å². The highest BCUT2D eigenvalue weighted by atomic mass is 15.3. The minimum atomic E-state index is 0.950. The van der Waals surface area contributed by atoms with Crippen LogP contribution in [0.5, 0.6) is 0 Å². The zero-order valence-electron chi connectivity index (χ0n) is 9.57. The molecule has 0 amide bonds. The molecule has 0 radical (unpaired) electrons. The Morgan fingerprint density at radius 1 is 1.31 bits per heavy atom. The number of hydrogen-bond acceptors (Lipinski definition) is 3. The second kappa shape index (κ2) is 4.75. The highest BCUT2D eigenvalue weighted by molar-refractivity contribution is 5.91. The van der Waals surface area contributed by atoms with E-state index in [-0.39, 0.29) is 0 Å². The normalized spacial score (nSPS) is 11.8. The van der Waals surface area contributed by atoms with Crippen LogP contribution in [-0.2, 0) is 0 Å². The molecule has 0 bridgehead atoms. The van der Waals surface area contributed by atoms with Gasteiger partial charge in [-0.2, -0.15) is 5.10 Å². The number of rotatable bonds is 3. The van der Waals surface area contributed by atoms with Crippen molar-refractivity contribution < 1.29 is 0 Å². The fourth-order valence-electron chi connectivity index (χ4n) is 1.43. The molecule has 1 N–H and O–H groups in total. The van der Waals surface area contributed by atoms with Crippen LogP contribution in [0.3, 0.4) is 0 Å². The molecule has 3 heteroatoms. The van der Waals surface area contributed by atoms with E-state index in [4.69, 9.17) is 0 Å². The van der Waals surface area contributed by atoms with Crippen molar-refractivity contribution >= 4 is 22.3 Å². The summed E-state index contributed by atoms with van der Waals surface area (Å²) in [6.45, 7) is 4.09. The van der Waals surface area contributed by atoms with E-state index in [9.17, 15) is 0 Å². The lowest BCUT2D eigenvalue weighted by Gasteiger charge is -2.05. The molecule has 0 saturated heterocycles. The first-order chi connectivity index (χ1) is 7.81. The van der Waals surface area contributed by atoms with Crippen LogP contribution < -0.4 is 5.43 Å². The van der Waals surface area contributed by atoms with Gasteiger partial charge in [0, 0.05) is 17.3 Å². The third-order valence-corrected chi connectivity index (χ3v) is 2.51. The number of nitrogens with zero attached hydrogens (tertiary/aromatic N) is 2. The van der Waals surface area contributed by atoms with E-state index in [1.165, 1.54) is 0 Å². The Labute approximate surface area is 95.2 Å². The first kappa shape index (κ1) is 10.6. The summed E-state index contributed by atoms with van der Waals surface area (Å²) >= 11 is 0. The Morgan fingerprint density at radius 2 is 2.12 bits per heavy atom. The lowest BCUT2D eigenvalue weighted by atomic mass is 10.2. The number of pyridine rings is 1. The van der Waals surface area contributed by atoms with Gasteiger partial charge in [-0.1, -0.05) is 25.1 Å². The predicted molar refractivity (Wildman–Crippen MR) is 68.8 cm³/mol. The van der Waals surface area contributed by atoms with Crippen LogP contribution in [0.1, 0.15) is 20.3 Å². The summed E-state index contributed by atoms with van der Waals surface area (Å²) in [5.41, 5.74) is 6.05. The third-order valence-electron chi connectivity index (χ3n) is 2.51. The summed E-state index contributed by atoms with van der Waals surface area (Å²) in [4.78, 5) is 4.35. The monoisotopic (exact) mass is 213 g/mol. The van der Waals surface area contributed by atoms with Crippen molar-refractivity contribution in [3.8, 4) is 0 Å². The quantitative estimate of drug-likeness (QED) is 0.626. The van der Waals surface area contributed by atoms with Gasteiger partial charge >= 0.3 is 0 Å². The van der Waals surface area contributed by atoms with Crippen molar-refractivity contribution in [3.05, 3.63) is 36.5 Å². The molecule has 0 fully saturated rings. The number of anilines is 1. The van der Waals surface area contributed by atoms with Crippen molar-refractivity contribution in [1.82, 2.24) is 4.98 Å². The lowest BCUT2D eigenvalue weighted by molar-refractivity contribution is 1.21. The van der Waals surface area contributed by atoms with Gasteiger partial charge in [0.1, 0.15) is 0 Å². The van der Waals surface area contributed by atoms with Crippen LogP contribution in [0, 0.1) is 0 Å². The molecule has 82 valence electrons. The third kappa shape index (κ3) is 2.19. The van der Waals surface area contributed by atoms with Crippen LogP contribution in [0.4, 0.5) is 5.69 Å². The first-order valence-corrected chi connectivity index (χ1v) is 5.44. The number of aromatic nitrogens is 1. The molecule has 1 aromatic heterocycles. The van der Waals surface area contributed by atoms with Gasteiger partial charge in [0.05, 0.1) is 11.2 Å². The largest absolute Gasteiger partial charge is 0.276 e. The molecule has 1 heterocycles. The molecule has 1 aromatic carbocycles. The highest BCUT2D eigenvalue weighted by Gasteiger charge is 1.99. The van der Waals surface area contributed by atoms with Crippen molar-refractivity contribution in [2.24, 2.45) is 5.10 Å². The first-order valence-electron chi connectivity index (χ1n) is 5.44. The second-order valence-electron chi connectivity index (χ2n) is 3.69. The summed E-state index contributed by atoms with van der Waals surface area (Å²) in [6.07, 6.45) is 2.75. The van der Waals surface area contributed by atoms with Crippen LogP contribution in [-0.4, -0.2) is 10.7 Å². The van der Waals surface area contributed by atoms with E-state index in [1.54, 1.807) is 6.20 Å². The second-order valence-corrected chi connectivity index (χ2v) is 3.69. The number of para-hydroxylation sites is 1. The summed E-state index contributed by atoms with van der Waals surface area (Å²) < 4.78 is 0. The van der Waals surface area contributed by atoms with Crippen LogP contribution in [0.25, 0.3) is 10.9 Å². The molecule has 0 atom stereocenters. The smallest absolute Gasteiger partial charge is 0.0951 e. The van der Waals surface area contributed by atoms with E-state index in [1.807, 2.05) is 37.3 Å². The average Bonchev–Trinajstić information content (AvgIpc) is 2.35. The highest BCUT2D eigenvalue weighted by Crippen LogP contribution is 2.20. The topological polar surface area (TPSA) is 37.3 Å². The maximum Gasteiger partial charge on any atom is 0.0951 e. The zero-order valence-corrected chi connectivity index (χ0v) is 9.57. The molecule has 0 aliphatic rings. The molecular weight excluding hydrogens is 198 g/mol. The lowest BCUT2D eigenvalue weighted by Crippen LogP contribution is -1.96. The van der Waals surface area contributed by atoms with Gasteiger partial charge < -0.3 is 0 Å². The predicted octanol–water partition coefficient (Wildman–Crippen LogP) is 3.43. The Balaban J connectivity index is 2.37. The van der Waals surface area contributed by atoms with E-state index in [2.05, 4.69) is 22.4 Å². The summed E-state index contributed by atoms with van der Waals surface area (Å²) in [5, 5.41) is 5.41. The molecule has 16 heavy (non-hydrogen) atoms. The standard InChI is InChI=1S/C13H15N3/c1-3-10(2)15-16-12-8-4-6-11-7-5-9-14-13(11)12/h4-9,16H,3H2,1-2H3/b15-10-. The van der Waals surface area contributed by atoms with Crippen LogP contribution in [0.2, 0.25) is 0 Å². The average molecular weight is 213 g/mol. The SMILES string of the molecule is CC/C(C)=N\Nc1cccc2cccnc12. The summed E-state index contributed by atoms with van der Waals surface area (Å²) in [5.74, 6) is 0. The van der Waals surface area contributed by atoms with Gasteiger partial charge in [-0.3, -0.25) is 10.4 Å². The maximum atomic E-state index is 4.35. The fourth-order valence-corrected chi connectivity index (χ4v) is 1.43. The van der Waals surface area contributed by atoms with E-state index >= 15 is 0 Å². The molecular formula is C13H15N3. The number of benzene rings is 1. The Bertz CT molecular complexity index is 512. The van der Waals surface area contributed by atoms with Crippen molar-refractivity contribution in [1.29, 1.82) is 0 Å². The summed E-state index contributed by atoms with van der Waals surface area (Å²) in [6, 6.07) is 10.0. The molecule has 0 aliphatic carbocycles. The van der Waals surface area contributed by atoms with Gasteiger partial charge in [-0.15, -0.1) is 0 Å². The molecule has 2 aromatic rings. The number of fused-ring (bicyclic) bond motifs is 1. The van der Waals surface area contributed by atoms with E-state index in [0.29, 0.717) is 0 Å². The number of nitrogens with one attached hydrogen (secondary N) is 1. The summed E-state index contributed by atoms with van der Waals surface area (Å²) in [7, 11) is 0. The Hall–Kier alpha value is -1.90. The van der Waals surface area contributed by atoms with Crippen molar-refractivity contribution in [2.75, 3.05) is 5.43 Å². The van der Waals surface area contributed by atoms with Gasteiger partial charge in [0.25, 0.3) is 0 Å². The Morgan fingerprint density at radius 3 is 2.94 bits per heavy atom. The molecule has 0 unspecified atom stereocenters. The number of hydrogen-bond donors (Lipinski definition) is 1. The maximum absolute atomic E-state index is 4.35. The molecule has 0 aliphatic heterocycles. The fraction of sp³-hybridized carbons (Fsp3) is 0.231. The van der Waals surface area contributed by atoms with Crippen molar-refractivity contribution in [3.63, 3.8) is 0 Å². The van der Waals surface area contributed by atoms with Crippen molar-refractivity contribution in [2.45, 2.75) is 20.3 Å². The van der Waals surface area contributed by atoms with Gasteiger partial charge in [0.15, 0.2) is 0 Å². The minimum absolute atomic E-state index is 0.950. The number of hydrazone groups is 1. The Kier molecular flexibility index (Phi) is 3.15. The van der Waals surface area contributed by atoms with Gasteiger partial charge in [-0.25, -0.2) is 0 Å². The van der Waals surface area contributed by atoms with Crippen LogP contribution >= 0.6 is 0 Å². The molecule has 0 spiro atoms. The zero-order chi connectivity index (χ0) is 11.4. The molecule has 2 rings (SSSR count). The minimum Gasteiger partial charge on any atom is -0.276 e.